The molecular weight excluding hydrogens is 480 g/mol. The lowest BCUT2D eigenvalue weighted by Gasteiger charge is -2.19. The quantitative estimate of drug-likeness (QED) is 0.208. The molecule has 190 valence electrons. The van der Waals surface area contributed by atoms with Crippen LogP contribution in [0.15, 0.2) is 97.1 Å². The van der Waals surface area contributed by atoms with Crippen molar-refractivity contribution in [1.29, 1.82) is 0 Å². The second kappa shape index (κ2) is 12.9. The minimum absolute atomic E-state index is 0.127. The highest BCUT2D eigenvalue weighted by Gasteiger charge is 2.18. The highest BCUT2D eigenvalue weighted by molar-refractivity contribution is 7.80. The third-order valence-corrected chi connectivity index (χ3v) is 6.35. The molecule has 0 fully saturated rings. The number of carbonyl (C=O) groups excluding carboxylic acids is 1. The van der Waals surface area contributed by atoms with Crippen LogP contribution in [0.25, 0.3) is 22.4 Å². The Morgan fingerprint density at radius 3 is 2.30 bits per heavy atom. The van der Waals surface area contributed by atoms with Gasteiger partial charge in [-0.2, -0.15) is 12.6 Å². The summed E-state index contributed by atoms with van der Waals surface area (Å²) in [6.07, 6.45) is -0.755. The lowest BCUT2D eigenvalue weighted by Crippen LogP contribution is -2.36. The van der Waals surface area contributed by atoms with Gasteiger partial charge in [-0.1, -0.05) is 78.9 Å². The summed E-state index contributed by atoms with van der Waals surface area (Å²) in [5.41, 5.74) is 11.7. The second-order valence-electron chi connectivity index (χ2n) is 8.78. The van der Waals surface area contributed by atoms with Crippen LogP contribution < -0.4 is 21.1 Å². The standard InChI is InChI=1S/C30H32N4O2S/c1-21(29(35)33-18-22-9-8-14-25(17-22)23-10-4-2-5-11-23)36-30-28(32-19-26(31)20-37)16-15-27(34-30)24-12-6-3-7-13-24/h2-17,21,26,32,37H,18-20,31H2,1H3,(H,33,35). The van der Waals surface area contributed by atoms with E-state index in [-0.39, 0.29) is 11.9 Å². The van der Waals surface area contributed by atoms with Crippen LogP contribution in [0.1, 0.15) is 12.5 Å². The normalized spacial score (nSPS) is 12.4. The topological polar surface area (TPSA) is 89.3 Å². The Kier molecular flexibility index (Phi) is 9.18. The first-order chi connectivity index (χ1) is 18.0. The predicted molar refractivity (Wildman–Crippen MR) is 154 cm³/mol. The van der Waals surface area contributed by atoms with Gasteiger partial charge in [0, 0.05) is 30.4 Å². The first-order valence-corrected chi connectivity index (χ1v) is 12.9. The fourth-order valence-corrected chi connectivity index (χ4v) is 3.91. The predicted octanol–water partition coefficient (Wildman–Crippen LogP) is 5.17. The van der Waals surface area contributed by atoms with Gasteiger partial charge < -0.3 is 21.1 Å². The Labute approximate surface area is 223 Å². The van der Waals surface area contributed by atoms with Crippen LogP contribution in [-0.2, 0) is 11.3 Å². The summed E-state index contributed by atoms with van der Waals surface area (Å²) in [4.78, 5) is 17.6. The number of amides is 1. The Morgan fingerprint density at radius 2 is 1.59 bits per heavy atom. The molecule has 6 nitrogen and oxygen atoms in total. The first-order valence-electron chi connectivity index (χ1n) is 12.3. The smallest absolute Gasteiger partial charge is 0.261 e. The molecule has 0 aliphatic carbocycles. The summed E-state index contributed by atoms with van der Waals surface area (Å²) in [5, 5.41) is 6.25. The van der Waals surface area contributed by atoms with E-state index in [1.807, 2.05) is 72.8 Å². The van der Waals surface area contributed by atoms with Crippen molar-refractivity contribution in [2.75, 3.05) is 17.6 Å². The van der Waals surface area contributed by atoms with E-state index in [0.29, 0.717) is 30.4 Å². The van der Waals surface area contributed by atoms with Crippen molar-refractivity contribution in [3.63, 3.8) is 0 Å². The zero-order chi connectivity index (χ0) is 26.0. The molecule has 1 aromatic heterocycles. The molecule has 0 spiro atoms. The van der Waals surface area contributed by atoms with Gasteiger partial charge in [-0.25, -0.2) is 4.98 Å². The number of carbonyl (C=O) groups is 1. The Balaban J connectivity index is 1.45. The van der Waals surface area contributed by atoms with Crippen LogP contribution in [-0.4, -0.2) is 35.3 Å². The van der Waals surface area contributed by atoms with Gasteiger partial charge in [-0.05, 0) is 41.8 Å². The van der Waals surface area contributed by atoms with Crippen molar-refractivity contribution in [3.8, 4) is 28.3 Å². The number of nitrogens with zero attached hydrogens (tertiary/aromatic N) is 1. The lowest BCUT2D eigenvalue weighted by molar-refractivity contribution is -0.127. The molecule has 2 atom stereocenters. The zero-order valence-electron chi connectivity index (χ0n) is 20.8. The zero-order valence-corrected chi connectivity index (χ0v) is 21.7. The van der Waals surface area contributed by atoms with Crippen molar-refractivity contribution >= 4 is 24.2 Å². The number of hydrogen-bond acceptors (Lipinski definition) is 6. The minimum atomic E-state index is -0.755. The van der Waals surface area contributed by atoms with Gasteiger partial charge in [0.1, 0.15) is 0 Å². The minimum Gasteiger partial charge on any atom is -0.463 e. The van der Waals surface area contributed by atoms with Crippen LogP contribution in [0.5, 0.6) is 5.88 Å². The molecule has 4 N–H and O–H groups in total. The number of hydrogen-bond donors (Lipinski definition) is 4. The van der Waals surface area contributed by atoms with Gasteiger partial charge in [0.2, 0.25) is 5.88 Å². The molecular formula is C30H32N4O2S. The number of ether oxygens (including phenoxy) is 1. The molecule has 1 heterocycles. The van der Waals surface area contributed by atoms with Crippen molar-refractivity contribution in [2.24, 2.45) is 5.73 Å². The van der Waals surface area contributed by atoms with Crippen molar-refractivity contribution in [2.45, 2.75) is 25.6 Å². The maximum atomic E-state index is 12.9. The third kappa shape index (κ3) is 7.35. The number of benzene rings is 3. The summed E-state index contributed by atoms with van der Waals surface area (Å²) < 4.78 is 6.07. The molecule has 0 aliphatic heterocycles. The van der Waals surface area contributed by atoms with Crippen molar-refractivity contribution in [3.05, 3.63) is 103 Å². The summed E-state index contributed by atoms with van der Waals surface area (Å²) in [7, 11) is 0. The molecule has 37 heavy (non-hydrogen) atoms. The van der Waals surface area contributed by atoms with E-state index < -0.39 is 6.10 Å². The number of nitrogens with one attached hydrogen (secondary N) is 2. The third-order valence-electron chi connectivity index (χ3n) is 5.88. The monoisotopic (exact) mass is 512 g/mol. The van der Waals surface area contributed by atoms with Gasteiger partial charge in [-0.15, -0.1) is 0 Å². The number of rotatable bonds is 11. The molecule has 0 saturated carbocycles. The highest BCUT2D eigenvalue weighted by atomic mass is 32.1. The van der Waals surface area contributed by atoms with Crippen LogP contribution in [0.4, 0.5) is 5.69 Å². The van der Waals surface area contributed by atoms with Crippen molar-refractivity contribution in [1.82, 2.24) is 10.3 Å². The number of pyridine rings is 1. The summed E-state index contributed by atoms with van der Waals surface area (Å²) in [5.74, 6) is 0.666. The average Bonchev–Trinajstić information content (AvgIpc) is 2.96. The summed E-state index contributed by atoms with van der Waals surface area (Å²) in [6, 6.07) is 31.8. The fourth-order valence-electron chi connectivity index (χ4n) is 3.79. The maximum absolute atomic E-state index is 12.9. The van der Waals surface area contributed by atoms with Crippen LogP contribution in [0.3, 0.4) is 0 Å². The van der Waals surface area contributed by atoms with Crippen LogP contribution >= 0.6 is 12.6 Å². The highest BCUT2D eigenvalue weighted by Crippen LogP contribution is 2.28. The van der Waals surface area contributed by atoms with Gasteiger partial charge in [-0.3, -0.25) is 4.79 Å². The van der Waals surface area contributed by atoms with Crippen LogP contribution in [0.2, 0.25) is 0 Å². The molecule has 4 rings (SSSR count). The van der Waals surface area contributed by atoms with E-state index in [0.717, 1.165) is 27.9 Å². The number of thiol groups is 1. The SMILES string of the molecule is CC(Oc1nc(-c2ccccc2)ccc1NCC(N)CS)C(=O)NCc1cccc(-c2ccccc2)c1. The summed E-state index contributed by atoms with van der Waals surface area (Å²) in [6.45, 7) is 2.62. The molecule has 3 aromatic carbocycles. The Hall–Kier alpha value is -3.81. The van der Waals surface area contributed by atoms with E-state index >= 15 is 0 Å². The fraction of sp³-hybridized carbons (Fsp3) is 0.200. The Bertz CT molecular complexity index is 1300. The molecule has 1 amide bonds. The van der Waals surface area contributed by atoms with E-state index in [2.05, 4.69) is 47.5 Å². The molecule has 2 unspecified atom stereocenters. The van der Waals surface area contributed by atoms with E-state index in [1.165, 1.54) is 0 Å². The average molecular weight is 513 g/mol. The molecule has 7 heteroatoms. The maximum Gasteiger partial charge on any atom is 0.261 e. The van der Waals surface area contributed by atoms with Gasteiger partial charge in [0.05, 0.1) is 11.4 Å². The molecule has 0 radical (unpaired) electrons. The van der Waals surface area contributed by atoms with Crippen molar-refractivity contribution < 1.29 is 9.53 Å². The van der Waals surface area contributed by atoms with E-state index in [1.54, 1.807) is 6.92 Å². The molecule has 4 aromatic rings. The Morgan fingerprint density at radius 1 is 0.919 bits per heavy atom. The number of aromatic nitrogens is 1. The summed E-state index contributed by atoms with van der Waals surface area (Å²) >= 11 is 4.25. The molecule has 0 bridgehead atoms. The van der Waals surface area contributed by atoms with E-state index in [4.69, 9.17) is 15.5 Å². The molecule has 0 saturated heterocycles. The van der Waals surface area contributed by atoms with Gasteiger partial charge in [0.15, 0.2) is 6.10 Å². The molecule has 0 aliphatic rings. The lowest BCUT2D eigenvalue weighted by atomic mass is 10.0. The van der Waals surface area contributed by atoms with Gasteiger partial charge in [0.25, 0.3) is 5.91 Å². The first kappa shape index (κ1) is 26.3. The van der Waals surface area contributed by atoms with Crippen LogP contribution in [0, 0.1) is 0 Å². The number of nitrogens with two attached hydrogens (primary N) is 1. The van der Waals surface area contributed by atoms with E-state index in [9.17, 15) is 4.79 Å². The second-order valence-corrected chi connectivity index (χ2v) is 9.15. The van der Waals surface area contributed by atoms with Gasteiger partial charge >= 0.3 is 0 Å². The number of anilines is 1. The largest absolute Gasteiger partial charge is 0.463 e.